The first-order valence-electron chi connectivity index (χ1n) is 5.89. The largest absolute Gasteiger partial charge is 0.335 e. The molecule has 1 unspecified atom stereocenters. The molecule has 0 aliphatic carbocycles. The molecule has 2 rings (SSSR count). The van der Waals surface area contributed by atoms with Gasteiger partial charge in [0, 0.05) is 43.3 Å². The van der Waals surface area contributed by atoms with E-state index in [9.17, 15) is 0 Å². The summed E-state index contributed by atoms with van der Waals surface area (Å²) in [6, 6.07) is 3.91. The fraction of sp³-hybridized carbons (Fsp3) is 0.385. The number of hydrogen-bond donors (Lipinski definition) is 1. The molecule has 0 aliphatic rings. The van der Waals surface area contributed by atoms with E-state index >= 15 is 0 Å². The first-order valence-corrected chi connectivity index (χ1v) is 5.89. The van der Waals surface area contributed by atoms with Gasteiger partial charge in [-0.05, 0) is 25.5 Å². The predicted molar refractivity (Wildman–Crippen MR) is 67.5 cm³/mol. The topological polar surface area (TPSA) is 56.7 Å². The van der Waals surface area contributed by atoms with Crippen molar-refractivity contribution in [2.24, 2.45) is 5.73 Å². The van der Waals surface area contributed by atoms with Gasteiger partial charge in [0.25, 0.3) is 0 Å². The van der Waals surface area contributed by atoms with Gasteiger partial charge in [-0.2, -0.15) is 0 Å². The van der Waals surface area contributed by atoms with Crippen molar-refractivity contribution < 1.29 is 0 Å². The minimum absolute atomic E-state index is 0.0450. The fourth-order valence-electron chi connectivity index (χ4n) is 2.01. The number of nitrogens with two attached hydrogens (primary N) is 1. The van der Waals surface area contributed by atoms with Gasteiger partial charge < -0.3 is 10.3 Å². The molecule has 90 valence electrons. The average Bonchev–Trinajstić information content (AvgIpc) is 2.76. The Morgan fingerprint density at radius 1 is 1.35 bits per heavy atom. The van der Waals surface area contributed by atoms with Crippen LogP contribution in [-0.2, 0) is 13.0 Å². The molecule has 2 heterocycles. The second kappa shape index (κ2) is 5.10. The molecule has 0 saturated carbocycles. The monoisotopic (exact) mass is 230 g/mol. The van der Waals surface area contributed by atoms with Gasteiger partial charge in [0.2, 0.25) is 0 Å². The molecule has 0 aliphatic heterocycles. The van der Waals surface area contributed by atoms with Gasteiger partial charge in [0.1, 0.15) is 5.82 Å². The molecule has 0 saturated heterocycles. The zero-order valence-electron chi connectivity index (χ0n) is 10.3. The zero-order chi connectivity index (χ0) is 12.3. The summed E-state index contributed by atoms with van der Waals surface area (Å²) in [4.78, 5) is 8.61. The molecule has 17 heavy (non-hydrogen) atoms. The van der Waals surface area contributed by atoms with Crippen molar-refractivity contribution in [3.63, 3.8) is 0 Å². The number of imidazole rings is 1. The highest BCUT2D eigenvalue weighted by Gasteiger charge is 2.12. The molecule has 0 amide bonds. The van der Waals surface area contributed by atoms with Gasteiger partial charge >= 0.3 is 0 Å². The highest BCUT2D eigenvalue weighted by atomic mass is 15.1. The Hall–Kier alpha value is -1.68. The Morgan fingerprint density at radius 2 is 2.18 bits per heavy atom. The maximum Gasteiger partial charge on any atom is 0.110 e. The third kappa shape index (κ3) is 2.53. The van der Waals surface area contributed by atoms with Crippen LogP contribution in [0.15, 0.2) is 30.7 Å². The molecule has 4 nitrogen and oxygen atoms in total. The highest BCUT2D eigenvalue weighted by molar-refractivity contribution is 5.23. The summed E-state index contributed by atoms with van der Waals surface area (Å²) in [6.07, 6.45) is 6.34. The van der Waals surface area contributed by atoms with Crippen LogP contribution < -0.4 is 5.73 Å². The number of pyridine rings is 1. The SMILES string of the molecule is CCn1ccnc1CC(N)c1cccnc1C. The predicted octanol–water partition coefficient (Wildman–Crippen LogP) is 1.85. The first-order chi connectivity index (χ1) is 8.22. The Labute approximate surface area is 102 Å². The zero-order valence-corrected chi connectivity index (χ0v) is 10.3. The van der Waals surface area contributed by atoms with Crippen molar-refractivity contribution in [1.29, 1.82) is 0 Å². The average molecular weight is 230 g/mol. The number of hydrogen-bond acceptors (Lipinski definition) is 3. The second-order valence-corrected chi connectivity index (χ2v) is 4.12. The van der Waals surface area contributed by atoms with Crippen LogP contribution in [0.3, 0.4) is 0 Å². The van der Waals surface area contributed by atoms with Crippen LogP contribution in [0.4, 0.5) is 0 Å². The highest BCUT2D eigenvalue weighted by Crippen LogP contribution is 2.17. The summed E-state index contributed by atoms with van der Waals surface area (Å²) in [5.74, 6) is 1.03. The van der Waals surface area contributed by atoms with Crippen molar-refractivity contribution >= 4 is 0 Å². The molecule has 0 fully saturated rings. The lowest BCUT2D eigenvalue weighted by Gasteiger charge is -2.14. The molecule has 0 spiro atoms. The fourth-order valence-corrected chi connectivity index (χ4v) is 2.01. The molecular formula is C13H18N4. The summed E-state index contributed by atoms with van der Waals surface area (Å²) in [6.45, 7) is 5.02. The van der Waals surface area contributed by atoms with Crippen LogP contribution in [0.5, 0.6) is 0 Å². The summed E-state index contributed by atoms with van der Waals surface area (Å²) >= 11 is 0. The maximum atomic E-state index is 6.22. The Bertz CT molecular complexity index is 490. The summed E-state index contributed by atoms with van der Waals surface area (Å²) < 4.78 is 2.12. The lowest BCUT2D eigenvalue weighted by Crippen LogP contribution is -2.17. The summed E-state index contributed by atoms with van der Waals surface area (Å²) in [5.41, 5.74) is 8.31. The summed E-state index contributed by atoms with van der Waals surface area (Å²) in [7, 11) is 0. The van der Waals surface area contributed by atoms with Crippen LogP contribution in [-0.4, -0.2) is 14.5 Å². The van der Waals surface area contributed by atoms with E-state index < -0.39 is 0 Å². The van der Waals surface area contributed by atoms with Crippen LogP contribution >= 0.6 is 0 Å². The van der Waals surface area contributed by atoms with Gasteiger partial charge in [-0.3, -0.25) is 4.98 Å². The van der Waals surface area contributed by atoms with Crippen LogP contribution in [0.1, 0.15) is 30.0 Å². The van der Waals surface area contributed by atoms with E-state index in [1.807, 2.05) is 31.5 Å². The normalized spacial score (nSPS) is 12.6. The molecule has 0 aromatic carbocycles. The van der Waals surface area contributed by atoms with E-state index in [1.54, 1.807) is 6.20 Å². The molecule has 2 N–H and O–H groups in total. The van der Waals surface area contributed by atoms with Gasteiger partial charge in [0.15, 0.2) is 0 Å². The minimum atomic E-state index is -0.0450. The maximum absolute atomic E-state index is 6.22. The molecule has 2 aromatic rings. The van der Waals surface area contributed by atoms with Crippen LogP contribution in [0.2, 0.25) is 0 Å². The first kappa shape index (κ1) is 11.8. The molecule has 0 radical (unpaired) electrons. The van der Waals surface area contributed by atoms with Gasteiger partial charge in [-0.15, -0.1) is 0 Å². The minimum Gasteiger partial charge on any atom is -0.335 e. The van der Waals surface area contributed by atoms with E-state index in [-0.39, 0.29) is 6.04 Å². The van der Waals surface area contributed by atoms with Crippen molar-refractivity contribution in [1.82, 2.24) is 14.5 Å². The van der Waals surface area contributed by atoms with Crippen molar-refractivity contribution in [3.8, 4) is 0 Å². The van der Waals surface area contributed by atoms with Gasteiger partial charge in [-0.1, -0.05) is 6.07 Å². The van der Waals surface area contributed by atoms with Crippen LogP contribution in [0, 0.1) is 6.92 Å². The van der Waals surface area contributed by atoms with E-state index in [2.05, 4.69) is 21.5 Å². The number of aryl methyl sites for hydroxylation is 2. The Kier molecular flexibility index (Phi) is 3.54. The molecule has 0 bridgehead atoms. The Balaban J connectivity index is 2.17. The van der Waals surface area contributed by atoms with E-state index in [4.69, 9.17) is 5.73 Å². The second-order valence-electron chi connectivity index (χ2n) is 4.12. The standard InChI is InChI=1S/C13H18N4/c1-3-17-8-7-16-13(17)9-12(14)11-5-4-6-15-10(11)2/h4-8,12H,3,9,14H2,1-2H3. The molecule has 2 aromatic heterocycles. The number of aromatic nitrogens is 3. The summed E-state index contributed by atoms with van der Waals surface area (Å²) in [5, 5.41) is 0. The van der Waals surface area contributed by atoms with Gasteiger partial charge in [0.05, 0.1) is 0 Å². The van der Waals surface area contributed by atoms with E-state index in [0.29, 0.717) is 0 Å². The third-order valence-corrected chi connectivity index (χ3v) is 2.99. The molecule has 1 atom stereocenters. The third-order valence-electron chi connectivity index (χ3n) is 2.99. The number of rotatable bonds is 4. The lowest BCUT2D eigenvalue weighted by atomic mass is 10.0. The van der Waals surface area contributed by atoms with E-state index in [1.165, 1.54) is 0 Å². The quantitative estimate of drug-likeness (QED) is 0.872. The van der Waals surface area contributed by atoms with E-state index in [0.717, 1.165) is 30.0 Å². The van der Waals surface area contributed by atoms with Crippen LogP contribution in [0.25, 0.3) is 0 Å². The van der Waals surface area contributed by atoms with Crippen molar-refractivity contribution in [2.75, 3.05) is 0 Å². The smallest absolute Gasteiger partial charge is 0.110 e. The number of nitrogens with zero attached hydrogens (tertiary/aromatic N) is 3. The molecule has 4 heteroatoms. The molecular weight excluding hydrogens is 212 g/mol. The lowest BCUT2D eigenvalue weighted by molar-refractivity contribution is 0.624. The van der Waals surface area contributed by atoms with Crippen molar-refractivity contribution in [3.05, 3.63) is 47.8 Å². The Morgan fingerprint density at radius 3 is 2.88 bits per heavy atom. The van der Waals surface area contributed by atoms with Gasteiger partial charge in [-0.25, -0.2) is 4.98 Å². The van der Waals surface area contributed by atoms with Crippen molar-refractivity contribution in [2.45, 2.75) is 32.9 Å².